The summed E-state index contributed by atoms with van der Waals surface area (Å²) in [6.45, 7) is 0. The number of hydrogen-bond acceptors (Lipinski definition) is 6. The molecule has 0 spiro atoms. The van der Waals surface area contributed by atoms with Crippen LogP contribution in [0.15, 0.2) is 60.8 Å². The van der Waals surface area contributed by atoms with Gasteiger partial charge in [-0.2, -0.15) is 0 Å². The molecule has 0 aliphatic heterocycles. The lowest BCUT2D eigenvalue weighted by Gasteiger charge is -2.15. The molecular formula is C21H18F3N3O5. The second-order valence-corrected chi connectivity index (χ2v) is 6.10. The molecule has 1 aromatic heterocycles. The van der Waals surface area contributed by atoms with Crippen molar-refractivity contribution >= 4 is 17.4 Å². The molecule has 2 N–H and O–H groups in total. The number of nitrogens with zero attached hydrogens (tertiary/aromatic N) is 1. The van der Waals surface area contributed by atoms with Gasteiger partial charge in [-0.1, -0.05) is 6.07 Å². The van der Waals surface area contributed by atoms with Crippen molar-refractivity contribution in [1.82, 2.24) is 4.98 Å². The number of pyridine rings is 1. The SMILES string of the molecule is COc1cccc(Oc2ncccc2NC(=O)Nc2ccc(OC(F)(F)F)cc2)c1OC. The summed E-state index contributed by atoms with van der Waals surface area (Å²) in [4.78, 5) is 16.5. The van der Waals surface area contributed by atoms with Crippen LogP contribution >= 0.6 is 0 Å². The first-order valence-electron chi connectivity index (χ1n) is 9.06. The highest BCUT2D eigenvalue weighted by Gasteiger charge is 2.31. The number of amides is 2. The van der Waals surface area contributed by atoms with Crippen LogP contribution in [0.2, 0.25) is 0 Å². The normalized spacial score (nSPS) is 10.8. The zero-order valence-corrected chi connectivity index (χ0v) is 16.9. The Morgan fingerprint density at radius 1 is 0.906 bits per heavy atom. The van der Waals surface area contributed by atoms with Gasteiger partial charge in [0.15, 0.2) is 11.5 Å². The third-order valence-electron chi connectivity index (χ3n) is 3.94. The van der Waals surface area contributed by atoms with Gasteiger partial charge in [0.2, 0.25) is 11.6 Å². The molecule has 0 saturated heterocycles. The van der Waals surface area contributed by atoms with Crippen molar-refractivity contribution in [2.75, 3.05) is 24.9 Å². The number of benzene rings is 2. The van der Waals surface area contributed by atoms with E-state index in [2.05, 4.69) is 20.4 Å². The number of methoxy groups -OCH3 is 2. The van der Waals surface area contributed by atoms with E-state index >= 15 is 0 Å². The predicted octanol–water partition coefficient (Wildman–Crippen LogP) is 5.43. The van der Waals surface area contributed by atoms with Crippen molar-refractivity contribution in [2.24, 2.45) is 0 Å². The Bertz CT molecular complexity index is 1080. The Kier molecular flexibility index (Phi) is 6.88. The number of rotatable bonds is 7. The quantitative estimate of drug-likeness (QED) is 0.500. The Morgan fingerprint density at radius 3 is 2.28 bits per heavy atom. The van der Waals surface area contributed by atoms with E-state index in [1.807, 2.05) is 0 Å². The van der Waals surface area contributed by atoms with E-state index in [1.165, 1.54) is 32.5 Å². The number of aromatic nitrogens is 1. The van der Waals surface area contributed by atoms with Crippen LogP contribution in [0.25, 0.3) is 0 Å². The van der Waals surface area contributed by atoms with E-state index < -0.39 is 18.1 Å². The minimum Gasteiger partial charge on any atom is -0.493 e. The smallest absolute Gasteiger partial charge is 0.493 e. The maximum absolute atomic E-state index is 12.4. The summed E-state index contributed by atoms with van der Waals surface area (Å²) in [5.41, 5.74) is 0.491. The third-order valence-corrected chi connectivity index (χ3v) is 3.94. The summed E-state index contributed by atoms with van der Waals surface area (Å²) < 4.78 is 56.9. The van der Waals surface area contributed by atoms with Gasteiger partial charge in [0.1, 0.15) is 11.4 Å². The van der Waals surface area contributed by atoms with Crippen molar-refractivity contribution in [3.05, 3.63) is 60.8 Å². The standard InChI is InChI=1S/C21H18F3N3O5/c1-29-16-6-3-7-17(18(16)30-2)31-19-15(5-4-12-25-19)27-20(28)26-13-8-10-14(11-9-13)32-21(22,23)24/h3-12H,1-2H3,(H2,26,27,28). The summed E-state index contributed by atoms with van der Waals surface area (Å²) in [5, 5.41) is 5.07. The second kappa shape index (κ2) is 9.77. The van der Waals surface area contributed by atoms with Crippen LogP contribution < -0.4 is 29.6 Å². The van der Waals surface area contributed by atoms with Gasteiger partial charge in [0, 0.05) is 11.9 Å². The average molecular weight is 449 g/mol. The molecule has 2 amide bonds. The molecule has 0 radical (unpaired) electrons. The maximum atomic E-state index is 12.4. The largest absolute Gasteiger partial charge is 0.573 e. The molecule has 32 heavy (non-hydrogen) atoms. The highest BCUT2D eigenvalue weighted by molar-refractivity contribution is 6.00. The Labute approximate surface area is 180 Å². The van der Waals surface area contributed by atoms with Gasteiger partial charge >= 0.3 is 12.4 Å². The Balaban J connectivity index is 1.71. The van der Waals surface area contributed by atoms with Crippen LogP contribution in [0, 0.1) is 0 Å². The van der Waals surface area contributed by atoms with Gasteiger partial charge in [0.05, 0.1) is 14.2 Å². The van der Waals surface area contributed by atoms with Crippen molar-refractivity contribution in [3.63, 3.8) is 0 Å². The van der Waals surface area contributed by atoms with Gasteiger partial charge in [-0.15, -0.1) is 13.2 Å². The number of halogens is 3. The first kappa shape index (κ1) is 22.5. The van der Waals surface area contributed by atoms with Crippen LogP contribution in [-0.2, 0) is 0 Å². The number of urea groups is 1. The fraction of sp³-hybridized carbons (Fsp3) is 0.143. The van der Waals surface area contributed by atoms with Gasteiger partial charge < -0.3 is 29.6 Å². The molecule has 8 nitrogen and oxygen atoms in total. The van der Waals surface area contributed by atoms with Crippen molar-refractivity contribution in [1.29, 1.82) is 0 Å². The lowest BCUT2D eigenvalue weighted by atomic mass is 10.3. The van der Waals surface area contributed by atoms with Gasteiger partial charge in [-0.05, 0) is 48.5 Å². The van der Waals surface area contributed by atoms with Gasteiger partial charge in [-0.3, -0.25) is 0 Å². The van der Waals surface area contributed by atoms with E-state index in [0.717, 1.165) is 12.1 Å². The average Bonchev–Trinajstić information content (AvgIpc) is 2.75. The zero-order valence-electron chi connectivity index (χ0n) is 16.9. The molecule has 168 valence electrons. The minimum atomic E-state index is -4.80. The molecular weight excluding hydrogens is 431 g/mol. The fourth-order valence-electron chi connectivity index (χ4n) is 2.63. The number of carbonyl (C=O) groups excluding carboxylic acids is 1. The molecule has 0 aliphatic rings. The predicted molar refractivity (Wildman–Crippen MR) is 110 cm³/mol. The maximum Gasteiger partial charge on any atom is 0.573 e. The molecule has 0 atom stereocenters. The fourth-order valence-corrected chi connectivity index (χ4v) is 2.63. The molecule has 3 aromatic rings. The molecule has 0 saturated carbocycles. The summed E-state index contributed by atoms with van der Waals surface area (Å²) in [6, 6.07) is 12.2. The number of anilines is 2. The van der Waals surface area contributed by atoms with Crippen LogP contribution in [-0.4, -0.2) is 31.6 Å². The molecule has 0 aliphatic carbocycles. The van der Waals surface area contributed by atoms with Crippen molar-refractivity contribution in [3.8, 4) is 28.9 Å². The van der Waals surface area contributed by atoms with E-state index in [4.69, 9.17) is 14.2 Å². The molecule has 11 heteroatoms. The van der Waals surface area contributed by atoms with Crippen molar-refractivity contribution < 1.29 is 36.9 Å². The summed E-state index contributed by atoms with van der Waals surface area (Å²) in [6.07, 6.45) is -3.32. The monoisotopic (exact) mass is 449 g/mol. The zero-order chi connectivity index (χ0) is 23.1. The summed E-state index contributed by atoms with van der Waals surface area (Å²) >= 11 is 0. The molecule has 0 fully saturated rings. The van der Waals surface area contributed by atoms with Crippen LogP contribution in [0.5, 0.6) is 28.9 Å². The number of ether oxygens (including phenoxy) is 4. The van der Waals surface area contributed by atoms with Gasteiger partial charge in [0.25, 0.3) is 0 Å². The van der Waals surface area contributed by atoms with E-state index in [-0.39, 0.29) is 17.3 Å². The lowest BCUT2D eigenvalue weighted by Crippen LogP contribution is -2.20. The van der Waals surface area contributed by atoms with Crippen molar-refractivity contribution in [2.45, 2.75) is 6.36 Å². The Morgan fingerprint density at radius 2 is 1.62 bits per heavy atom. The number of carbonyl (C=O) groups is 1. The van der Waals surface area contributed by atoms with E-state index in [9.17, 15) is 18.0 Å². The first-order chi connectivity index (χ1) is 15.3. The van der Waals surface area contributed by atoms with E-state index in [1.54, 1.807) is 30.3 Å². The number of para-hydroxylation sites is 1. The number of alkyl halides is 3. The molecule has 1 heterocycles. The number of nitrogens with one attached hydrogen (secondary N) is 2. The lowest BCUT2D eigenvalue weighted by molar-refractivity contribution is -0.274. The second-order valence-electron chi connectivity index (χ2n) is 6.10. The number of hydrogen-bond donors (Lipinski definition) is 2. The van der Waals surface area contributed by atoms with Crippen LogP contribution in [0.4, 0.5) is 29.3 Å². The molecule has 2 aromatic carbocycles. The van der Waals surface area contributed by atoms with Crippen LogP contribution in [0.3, 0.4) is 0 Å². The highest BCUT2D eigenvalue weighted by Crippen LogP contribution is 2.40. The molecule has 0 bridgehead atoms. The molecule has 0 unspecified atom stereocenters. The van der Waals surface area contributed by atoms with Crippen LogP contribution in [0.1, 0.15) is 0 Å². The van der Waals surface area contributed by atoms with Gasteiger partial charge in [-0.25, -0.2) is 9.78 Å². The molecule has 3 rings (SSSR count). The highest BCUT2D eigenvalue weighted by atomic mass is 19.4. The Hall–Kier alpha value is -4.15. The summed E-state index contributed by atoms with van der Waals surface area (Å²) in [7, 11) is 2.95. The third kappa shape index (κ3) is 5.94. The topological polar surface area (TPSA) is 90.9 Å². The minimum absolute atomic E-state index is 0.0862. The van der Waals surface area contributed by atoms with E-state index in [0.29, 0.717) is 17.2 Å². The first-order valence-corrected chi connectivity index (χ1v) is 9.06. The summed E-state index contributed by atoms with van der Waals surface area (Å²) in [5.74, 6) is 0.791.